The maximum absolute atomic E-state index is 11.9. The largest absolute Gasteiger partial charge is 0.355 e. The number of carbonyl (C=O) groups is 2. The summed E-state index contributed by atoms with van der Waals surface area (Å²) in [6.45, 7) is 1.20. The Morgan fingerprint density at radius 3 is 2.53 bits per heavy atom. The van der Waals surface area contributed by atoms with Crippen molar-refractivity contribution in [2.45, 2.75) is 18.9 Å². The zero-order valence-corrected chi connectivity index (χ0v) is 10.7. The number of nitrogens with zero attached hydrogens (tertiary/aromatic N) is 1. The van der Waals surface area contributed by atoms with E-state index in [-0.39, 0.29) is 0 Å². The van der Waals surface area contributed by atoms with Crippen molar-refractivity contribution in [1.29, 1.82) is 0 Å². The fourth-order valence-corrected chi connectivity index (χ4v) is 1.81. The molecule has 8 heteroatoms. The van der Waals surface area contributed by atoms with Crippen LogP contribution in [0.3, 0.4) is 0 Å². The van der Waals surface area contributed by atoms with Gasteiger partial charge < -0.3 is 15.5 Å². The molecule has 1 unspecified atom stereocenters. The molecule has 4 N–H and O–H groups in total. The molecule has 7 nitrogen and oxygen atoms in total. The standard InChI is InChI=1S/C11H12ClN3O4/c1-6(16)13-9-11(18,19)10(17)15(14-9)8-4-2-7(12)3-5-8/h2-5,9,14,18-19H,1H3,(H,13,16). The molecule has 1 aromatic carbocycles. The summed E-state index contributed by atoms with van der Waals surface area (Å²) >= 11 is 5.73. The number of hydrogen-bond acceptors (Lipinski definition) is 5. The number of rotatable bonds is 2. The third-order valence-corrected chi connectivity index (χ3v) is 2.86. The third-order valence-electron chi connectivity index (χ3n) is 2.61. The van der Waals surface area contributed by atoms with Crippen LogP contribution in [-0.2, 0) is 9.59 Å². The molecule has 19 heavy (non-hydrogen) atoms. The van der Waals surface area contributed by atoms with Gasteiger partial charge in [0.25, 0.3) is 5.79 Å². The van der Waals surface area contributed by atoms with E-state index in [2.05, 4.69) is 10.7 Å². The Labute approximate surface area is 113 Å². The summed E-state index contributed by atoms with van der Waals surface area (Å²) in [5.74, 6) is -4.21. The molecule has 0 spiro atoms. The molecular weight excluding hydrogens is 274 g/mol. The van der Waals surface area contributed by atoms with Gasteiger partial charge in [-0.2, -0.15) is 5.43 Å². The maximum Gasteiger partial charge on any atom is 0.305 e. The lowest BCUT2D eigenvalue weighted by Gasteiger charge is -2.19. The Balaban J connectivity index is 2.27. The van der Waals surface area contributed by atoms with Crippen LogP contribution >= 0.6 is 11.6 Å². The molecule has 0 aliphatic carbocycles. The first-order valence-electron chi connectivity index (χ1n) is 5.40. The van der Waals surface area contributed by atoms with Crippen LogP contribution in [0.1, 0.15) is 6.92 Å². The van der Waals surface area contributed by atoms with E-state index in [1.54, 1.807) is 12.1 Å². The number of aliphatic hydroxyl groups is 2. The number of carbonyl (C=O) groups excluding carboxylic acids is 2. The Bertz CT molecular complexity index is 517. The Morgan fingerprint density at radius 1 is 1.42 bits per heavy atom. The van der Waals surface area contributed by atoms with E-state index in [1.807, 2.05) is 0 Å². The molecule has 2 rings (SSSR count). The Kier molecular flexibility index (Phi) is 3.46. The van der Waals surface area contributed by atoms with Gasteiger partial charge in [0, 0.05) is 11.9 Å². The van der Waals surface area contributed by atoms with E-state index in [0.29, 0.717) is 10.7 Å². The zero-order chi connectivity index (χ0) is 14.2. The lowest BCUT2D eigenvalue weighted by Crippen LogP contribution is -2.56. The SMILES string of the molecule is CC(=O)NC1NN(c2ccc(Cl)cc2)C(=O)C1(O)O. The first kappa shape index (κ1) is 13.8. The summed E-state index contributed by atoms with van der Waals surface area (Å²) in [6.07, 6.45) is -1.33. The van der Waals surface area contributed by atoms with Crippen LogP contribution in [0.5, 0.6) is 0 Å². The van der Waals surface area contributed by atoms with Gasteiger partial charge in [0.15, 0.2) is 6.17 Å². The molecule has 1 heterocycles. The van der Waals surface area contributed by atoms with Gasteiger partial charge >= 0.3 is 5.91 Å². The van der Waals surface area contributed by atoms with Crippen molar-refractivity contribution in [3.8, 4) is 0 Å². The number of nitrogens with one attached hydrogen (secondary N) is 2. The Hall–Kier alpha value is -1.67. The molecule has 1 fully saturated rings. The van der Waals surface area contributed by atoms with E-state index in [4.69, 9.17) is 11.6 Å². The predicted octanol–water partition coefficient (Wildman–Crippen LogP) is -0.666. The summed E-state index contributed by atoms with van der Waals surface area (Å²) < 4.78 is 0. The number of amides is 2. The van der Waals surface area contributed by atoms with Gasteiger partial charge in [-0.1, -0.05) is 11.6 Å². The van der Waals surface area contributed by atoms with Crippen LogP contribution < -0.4 is 15.8 Å². The number of hydrazine groups is 1. The van der Waals surface area contributed by atoms with E-state index >= 15 is 0 Å². The van der Waals surface area contributed by atoms with Crippen molar-refractivity contribution in [2.24, 2.45) is 0 Å². The molecule has 1 saturated heterocycles. The van der Waals surface area contributed by atoms with Crippen molar-refractivity contribution in [3.05, 3.63) is 29.3 Å². The quantitative estimate of drug-likeness (QED) is 0.540. The van der Waals surface area contributed by atoms with Crippen molar-refractivity contribution < 1.29 is 19.8 Å². The number of benzene rings is 1. The molecular formula is C11H12ClN3O4. The normalized spacial score (nSPS) is 21.6. The monoisotopic (exact) mass is 285 g/mol. The summed E-state index contributed by atoms with van der Waals surface area (Å²) in [7, 11) is 0. The molecule has 0 saturated carbocycles. The van der Waals surface area contributed by atoms with Gasteiger partial charge in [-0.05, 0) is 24.3 Å². The van der Waals surface area contributed by atoms with Gasteiger partial charge in [0.2, 0.25) is 5.91 Å². The van der Waals surface area contributed by atoms with Crippen LogP contribution in [0.25, 0.3) is 0 Å². The topological polar surface area (TPSA) is 102 Å². The number of anilines is 1. The van der Waals surface area contributed by atoms with E-state index in [9.17, 15) is 19.8 Å². The van der Waals surface area contributed by atoms with Gasteiger partial charge in [0.05, 0.1) is 5.69 Å². The minimum atomic E-state index is -2.72. The summed E-state index contributed by atoms with van der Waals surface area (Å²) in [5.41, 5.74) is 2.88. The first-order chi connectivity index (χ1) is 8.82. The van der Waals surface area contributed by atoms with Crippen molar-refractivity contribution in [2.75, 3.05) is 5.01 Å². The highest BCUT2D eigenvalue weighted by molar-refractivity contribution is 6.30. The predicted molar refractivity (Wildman–Crippen MR) is 66.8 cm³/mol. The fraction of sp³-hybridized carbons (Fsp3) is 0.273. The first-order valence-corrected chi connectivity index (χ1v) is 5.78. The molecule has 102 valence electrons. The lowest BCUT2D eigenvalue weighted by atomic mass is 10.2. The van der Waals surface area contributed by atoms with Crippen molar-refractivity contribution >= 4 is 29.1 Å². The number of hydrogen-bond donors (Lipinski definition) is 4. The van der Waals surface area contributed by atoms with Crippen LogP contribution in [0.4, 0.5) is 5.69 Å². The maximum atomic E-state index is 11.9. The highest BCUT2D eigenvalue weighted by atomic mass is 35.5. The average Bonchev–Trinajstić information content (AvgIpc) is 2.54. The highest BCUT2D eigenvalue weighted by Gasteiger charge is 2.53. The van der Waals surface area contributed by atoms with Gasteiger partial charge in [-0.25, -0.2) is 5.01 Å². The van der Waals surface area contributed by atoms with E-state index in [0.717, 1.165) is 5.01 Å². The fourth-order valence-electron chi connectivity index (χ4n) is 1.68. The molecule has 2 amide bonds. The van der Waals surface area contributed by atoms with Crippen LogP contribution in [-0.4, -0.2) is 34.0 Å². The summed E-state index contributed by atoms with van der Waals surface area (Å²) in [6, 6.07) is 6.15. The highest BCUT2D eigenvalue weighted by Crippen LogP contribution is 2.24. The van der Waals surface area contributed by atoms with E-state index in [1.165, 1.54) is 19.1 Å². The molecule has 0 aromatic heterocycles. The minimum Gasteiger partial charge on any atom is -0.355 e. The van der Waals surface area contributed by atoms with Crippen molar-refractivity contribution in [3.63, 3.8) is 0 Å². The molecule has 0 radical (unpaired) electrons. The van der Waals surface area contributed by atoms with Gasteiger partial charge in [0.1, 0.15) is 0 Å². The van der Waals surface area contributed by atoms with Gasteiger partial charge in [-0.15, -0.1) is 0 Å². The van der Waals surface area contributed by atoms with E-state index < -0.39 is 23.8 Å². The molecule has 1 aliphatic rings. The lowest BCUT2D eigenvalue weighted by molar-refractivity contribution is -0.184. The summed E-state index contributed by atoms with van der Waals surface area (Å²) in [4.78, 5) is 22.8. The van der Waals surface area contributed by atoms with Crippen LogP contribution in [0, 0.1) is 0 Å². The van der Waals surface area contributed by atoms with Crippen LogP contribution in [0.15, 0.2) is 24.3 Å². The molecule has 1 aromatic rings. The molecule has 1 atom stereocenters. The van der Waals surface area contributed by atoms with Gasteiger partial charge in [-0.3, -0.25) is 9.59 Å². The second-order valence-electron chi connectivity index (χ2n) is 4.11. The minimum absolute atomic E-state index is 0.370. The third kappa shape index (κ3) is 2.54. The molecule has 0 bridgehead atoms. The van der Waals surface area contributed by atoms with Crippen LogP contribution in [0.2, 0.25) is 5.02 Å². The Morgan fingerprint density at radius 2 is 2.00 bits per heavy atom. The summed E-state index contributed by atoms with van der Waals surface area (Å²) in [5, 5.41) is 23.1. The molecule has 1 aliphatic heterocycles. The second-order valence-corrected chi connectivity index (χ2v) is 4.54. The second kappa shape index (κ2) is 4.78. The number of halogens is 1. The van der Waals surface area contributed by atoms with Crippen molar-refractivity contribution in [1.82, 2.24) is 10.7 Å². The average molecular weight is 286 g/mol. The zero-order valence-electron chi connectivity index (χ0n) is 9.92. The smallest absolute Gasteiger partial charge is 0.305 e.